The SMILES string of the molecule is c1ccc(N(c2ccc3c(c2)sc2ccc(N(c4ccccc4)c4ccccc4)cc23)c2ccc3oc4cc5ccccc5cc4c3c2)cc1. The average molecular weight is 659 g/mol. The second-order valence-electron chi connectivity index (χ2n) is 12.6. The van der Waals surface area contributed by atoms with E-state index in [0.29, 0.717) is 0 Å². The molecule has 0 fully saturated rings. The van der Waals surface area contributed by atoms with Gasteiger partial charge in [-0.25, -0.2) is 0 Å². The highest BCUT2D eigenvalue weighted by Gasteiger charge is 2.18. The number of rotatable bonds is 6. The molecule has 3 nitrogen and oxygen atoms in total. The van der Waals surface area contributed by atoms with Gasteiger partial charge in [0, 0.05) is 65.1 Å². The predicted molar refractivity (Wildman–Crippen MR) is 213 cm³/mol. The van der Waals surface area contributed by atoms with Crippen molar-refractivity contribution in [3.8, 4) is 0 Å². The molecule has 0 aliphatic heterocycles. The van der Waals surface area contributed by atoms with Crippen LogP contribution < -0.4 is 9.80 Å². The molecule has 0 spiro atoms. The zero-order chi connectivity index (χ0) is 33.0. The zero-order valence-electron chi connectivity index (χ0n) is 27.0. The van der Waals surface area contributed by atoms with Crippen molar-refractivity contribution >= 4 is 98.3 Å². The van der Waals surface area contributed by atoms with Crippen LogP contribution in [-0.4, -0.2) is 0 Å². The predicted octanol–water partition coefficient (Wildman–Crippen LogP) is 14.0. The van der Waals surface area contributed by atoms with Gasteiger partial charge >= 0.3 is 0 Å². The molecule has 0 bridgehead atoms. The van der Waals surface area contributed by atoms with Crippen LogP contribution in [0.4, 0.5) is 34.1 Å². The Morgan fingerprint density at radius 1 is 0.320 bits per heavy atom. The molecule has 50 heavy (non-hydrogen) atoms. The molecule has 0 saturated heterocycles. The lowest BCUT2D eigenvalue weighted by molar-refractivity contribution is 0.669. The van der Waals surface area contributed by atoms with Crippen LogP contribution in [0, 0.1) is 0 Å². The van der Waals surface area contributed by atoms with Crippen molar-refractivity contribution in [2.75, 3.05) is 9.80 Å². The van der Waals surface area contributed by atoms with Crippen LogP contribution in [0.15, 0.2) is 186 Å². The highest BCUT2D eigenvalue weighted by molar-refractivity contribution is 7.25. The van der Waals surface area contributed by atoms with E-state index in [-0.39, 0.29) is 0 Å². The standard InChI is InChI=1S/C46H30N2OS/c1-4-14-33(15-5-1)47(34-16-6-2-7-17-34)37-22-25-45-42(29-37)39-23-20-38(30-46(39)50-45)48(35-18-8-3-9-19-35)36-21-24-43-41(28-36)40-26-31-12-10-11-13-32(31)27-44(40)49-43/h1-30H. The summed E-state index contributed by atoms with van der Waals surface area (Å²) in [6, 6.07) is 64.9. The van der Waals surface area contributed by atoms with Crippen molar-refractivity contribution in [2.45, 2.75) is 0 Å². The van der Waals surface area contributed by atoms with Gasteiger partial charge in [0.15, 0.2) is 0 Å². The van der Waals surface area contributed by atoms with Crippen LogP contribution in [0.25, 0.3) is 52.9 Å². The largest absolute Gasteiger partial charge is 0.456 e. The Bertz CT molecular complexity index is 2780. The van der Waals surface area contributed by atoms with Gasteiger partial charge in [-0.05, 0) is 108 Å². The van der Waals surface area contributed by atoms with E-state index in [0.717, 1.165) is 56.1 Å². The molecule has 0 aliphatic carbocycles. The third-order valence-corrected chi connectivity index (χ3v) is 10.7. The summed E-state index contributed by atoms with van der Waals surface area (Å²) < 4.78 is 8.88. The number of benzene rings is 8. The summed E-state index contributed by atoms with van der Waals surface area (Å²) in [4.78, 5) is 4.67. The first-order chi connectivity index (χ1) is 24.8. The fraction of sp³-hybridized carbons (Fsp3) is 0. The summed E-state index contributed by atoms with van der Waals surface area (Å²) in [5.74, 6) is 0. The van der Waals surface area contributed by atoms with E-state index in [1.807, 2.05) is 11.3 Å². The number of anilines is 6. The summed E-state index contributed by atoms with van der Waals surface area (Å²) in [6.07, 6.45) is 0. The van der Waals surface area contributed by atoms with Gasteiger partial charge in [-0.2, -0.15) is 0 Å². The van der Waals surface area contributed by atoms with Crippen LogP contribution in [0.2, 0.25) is 0 Å². The van der Waals surface area contributed by atoms with Gasteiger partial charge in [0.2, 0.25) is 0 Å². The minimum atomic E-state index is 0.892. The first kappa shape index (κ1) is 28.6. The third-order valence-electron chi connectivity index (χ3n) is 9.58. The average Bonchev–Trinajstić information content (AvgIpc) is 3.72. The maximum absolute atomic E-state index is 6.36. The molecular formula is C46H30N2OS. The van der Waals surface area contributed by atoms with Crippen molar-refractivity contribution in [1.29, 1.82) is 0 Å². The molecule has 10 aromatic rings. The highest BCUT2D eigenvalue weighted by atomic mass is 32.1. The Kier molecular flexibility index (Phi) is 6.68. The lowest BCUT2D eigenvalue weighted by atomic mass is 10.1. The summed E-state index contributed by atoms with van der Waals surface area (Å²) in [5.41, 5.74) is 8.51. The van der Waals surface area contributed by atoms with E-state index < -0.39 is 0 Å². The quantitative estimate of drug-likeness (QED) is 0.177. The van der Waals surface area contributed by atoms with Gasteiger partial charge in [-0.3, -0.25) is 0 Å². The molecule has 2 heterocycles. The van der Waals surface area contributed by atoms with E-state index in [2.05, 4.69) is 192 Å². The van der Waals surface area contributed by atoms with Crippen molar-refractivity contribution < 1.29 is 4.42 Å². The monoisotopic (exact) mass is 658 g/mol. The van der Waals surface area contributed by atoms with E-state index in [9.17, 15) is 0 Å². The van der Waals surface area contributed by atoms with Crippen molar-refractivity contribution in [2.24, 2.45) is 0 Å². The first-order valence-electron chi connectivity index (χ1n) is 16.8. The molecule has 8 aromatic carbocycles. The lowest BCUT2D eigenvalue weighted by Crippen LogP contribution is -2.09. The topological polar surface area (TPSA) is 19.6 Å². The molecule has 0 saturated carbocycles. The summed E-state index contributed by atoms with van der Waals surface area (Å²) in [7, 11) is 0. The fourth-order valence-electron chi connectivity index (χ4n) is 7.25. The highest BCUT2D eigenvalue weighted by Crippen LogP contribution is 2.44. The van der Waals surface area contributed by atoms with E-state index in [1.54, 1.807) is 0 Å². The van der Waals surface area contributed by atoms with Crippen LogP contribution in [0.5, 0.6) is 0 Å². The molecule has 0 radical (unpaired) electrons. The van der Waals surface area contributed by atoms with E-state index >= 15 is 0 Å². The first-order valence-corrected chi connectivity index (χ1v) is 17.7. The van der Waals surface area contributed by atoms with Gasteiger partial charge in [-0.15, -0.1) is 11.3 Å². The second kappa shape index (κ2) is 11.7. The van der Waals surface area contributed by atoms with Crippen molar-refractivity contribution in [3.63, 3.8) is 0 Å². The number of hydrogen-bond acceptors (Lipinski definition) is 4. The molecule has 2 aromatic heterocycles. The van der Waals surface area contributed by atoms with Crippen molar-refractivity contribution in [1.82, 2.24) is 0 Å². The number of furan rings is 1. The smallest absolute Gasteiger partial charge is 0.136 e. The van der Waals surface area contributed by atoms with E-state index in [4.69, 9.17) is 4.42 Å². The summed E-state index contributed by atoms with van der Waals surface area (Å²) in [5, 5.41) is 7.15. The third kappa shape index (κ3) is 4.80. The molecule has 236 valence electrons. The number of thiophene rings is 1. The van der Waals surface area contributed by atoms with Gasteiger partial charge in [0.1, 0.15) is 11.2 Å². The van der Waals surface area contributed by atoms with Gasteiger partial charge in [0.05, 0.1) is 0 Å². The second-order valence-corrected chi connectivity index (χ2v) is 13.7. The van der Waals surface area contributed by atoms with Crippen LogP contribution in [0.3, 0.4) is 0 Å². The Morgan fingerprint density at radius 3 is 1.48 bits per heavy atom. The number of hydrogen-bond donors (Lipinski definition) is 0. The Balaban J connectivity index is 1.11. The number of fused-ring (bicyclic) bond motifs is 7. The minimum absolute atomic E-state index is 0.892. The summed E-state index contributed by atoms with van der Waals surface area (Å²) in [6.45, 7) is 0. The molecule has 4 heteroatoms. The zero-order valence-corrected chi connectivity index (χ0v) is 27.8. The molecule has 0 N–H and O–H groups in total. The van der Waals surface area contributed by atoms with E-state index in [1.165, 1.54) is 30.9 Å². The summed E-state index contributed by atoms with van der Waals surface area (Å²) >= 11 is 1.84. The Hall–Kier alpha value is -6.36. The van der Waals surface area contributed by atoms with Crippen LogP contribution in [-0.2, 0) is 0 Å². The van der Waals surface area contributed by atoms with Gasteiger partial charge in [0.25, 0.3) is 0 Å². The molecule has 0 aliphatic rings. The molecule has 10 rings (SSSR count). The van der Waals surface area contributed by atoms with Gasteiger partial charge < -0.3 is 14.2 Å². The molecular weight excluding hydrogens is 629 g/mol. The number of para-hydroxylation sites is 3. The molecule has 0 unspecified atom stereocenters. The molecule has 0 atom stereocenters. The maximum Gasteiger partial charge on any atom is 0.136 e. The Labute approximate surface area is 293 Å². The maximum atomic E-state index is 6.36. The number of nitrogens with zero attached hydrogens (tertiary/aromatic N) is 2. The normalized spacial score (nSPS) is 11.6. The van der Waals surface area contributed by atoms with Crippen molar-refractivity contribution in [3.05, 3.63) is 182 Å². The van der Waals surface area contributed by atoms with Crippen LogP contribution in [0.1, 0.15) is 0 Å². The lowest BCUT2D eigenvalue weighted by Gasteiger charge is -2.26. The van der Waals surface area contributed by atoms with Gasteiger partial charge in [-0.1, -0.05) is 84.9 Å². The Morgan fingerprint density at radius 2 is 0.820 bits per heavy atom. The molecule has 0 amide bonds. The minimum Gasteiger partial charge on any atom is -0.456 e. The van der Waals surface area contributed by atoms with Crippen LogP contribution >= 0.6 is 11.3 Å². The fourth-order valence-corrected chi connectivity index (χ4v) is 8.37.